The average Bonchev–Trinajstić information content (AvgIpc) is 2.23. The summed E-state index contributed by atoms with van der Waals surface area (Å²) in [5.74, 6) is -0.0482. The zero-order valence-electron chi connectivity index (χ0n) is 9.05. The van der Waals surface area contributed by atoms with E-state index in [2.05, 4.69) is 0 Å². The van der Waals surface area contributed by atoms with E-state index in [9.17, 15) is 9.59 Å². The number of carbonyl (C=O) groups excluding carboxylic acids is 2. The summed E-state index contributed by atoms with van der Waals surface area (Å²) in [6.45, 7) is 5.33. The van der Waals surface area contributed by atoms with Crippen molar-refractivity contribution in [2.24, 2.45) is 0 Å². The van der Waals surface area contributed by atoms with Crippen LogP contribution in [0.4, 0.5) is 0 Å². The van der Waals surface area contributed by atoms with Crippen molar-refractivity contribution in [3.8, 4) is 0 Å². The van der Waals surface area contributed by atoms with Gasteiger partial charge in [-0.25, -0.2) is 0 Å². The third-order valence-electron chi connectivity index (χ3n) is 2.91. The second-order valence-electron chi connectivity index (χ2n) is 3.96. The van der Waals surface area contributed by atoms with Gasteiger partial charge in [0.1, 0.15) is 0 Å². The first-order valence-electron chi connectivity index (χ1n) is 4.90. The maximum absolute atomic E-state index is 11.9. The van der Waals surface area contributed by atoms with Crippen molar-refractivity contribution in [2.45, 2.75) is 20.8 Å². The van der Waals surface area contributed by atoms with Gasteiger partial charge in [0, 0.05) is 22.3 Å². The fraction of sp³-hybridized carbons (Fsp3) is 0.231. The molecule has 0 aromatic heterocycles. The van der Waals surface area contributed by atoms with E-state index in [0.717, 1.165) is 5.56 Å². The lowest BCUT2D eigenvalue weighted by atomic mass is 9.85. The number of fused-ring (bicyclic) bond motifs is 1. The Balaban J connectivity index is 2.73. The summed E-state index contributed by atoms with van der Waals surface area (Å²) in [6, 6.07) is 5.38. The molecule has 0 saturated carbocycles. The van der Waals surface area contributed by atoms with Crippen molar-refractivity contribution < 1.29 is 9.59 Å². The number of aryl methyl sites for hydroxylation is 1. The van der Waals surface area contributed by atoms with Gasteiger partial charge in [0.05, 0.1) is 0 Å². The van der Waals surface area contributed by atoms with Crippen molar-refractivity contribution in [3.63, 3.8) is 0 Å². The zero-order chi connectivity index (χ0) is 11.2. The molecule has 0 aliphatic heterocycles. The molecule has 1 aromatic carbocycles. The first kappa shape index (κ1) is 9.84. The summed E-state index contributed by atoms with van der Waals surface area (Å²) in [4.78, 5) is 23.8. The van der Waals surface area contributed by atoms with E-state index < -0.39 is 0 Å². The minimum atomic E-state index is -0.0258. The molecule has 76 valence electrons. The largest absolute Gasteiger partial charge is 0.289 e. The van der Waals surface area contributed by atoms with Crippen LogP contribution in [0.1, 0.15) is 40.1 Å². The lowest BCUT2D eigenvalue weighted by Crippen LogP contribution is -2.19. The summed E-state index contributed by atoms with van der Waals surface area (Å²) in [6.07, 6.45) is 0. The van der Waals surface area contributed by atoms with E-state index in [1.807, 2.05) is 13.0 Å². The molecule has 0 N–H and O–H groups in total. The standard InChI is InChI=1S/C13H12O2/c1-7-4-5-10-11(6-7)13(15)9(3)8(2)12(10)14/h4-6H,1-3H3. The topological polar surface area (TPSA) is 34.1 Å². The lowest BCUT2D eigenvalue weighted by Gasteiger charge is -2.16. The van der Waals surface area contributed by atoms with E-state index in [1.165, 1.54) is 0 Å². The van der Waals surface area contributed by atoms with E-state index in [4.69, 9.17) is 0 Å². The predicted octanol–water partition coefficient (Wildman–Crippen LogP) is 2.71. The molecule has 2 nitrogen and oxygen atoms in total. The molecule has 0 saturated heterocycles. The molecule has 15 heavy (non-hydrogen) atoms. The van der Waals surface area contributed by atoms with E-state index in [0.29, 0.717) is 22.3 Å². The summed E-state index contributed by atoms with van der Waals surface area (Å²) in [7, 11) is 0. The minimum absolute atomic E-state index is 0.0224. The Kier molecular flexibility index (Phi) is 2.07. The molecular formula is C13H12O2. The highest BCUT2D eigenvalue weighted by Gasteiger charge is 2.26. The third kappa shape index (κ3) is 1.33. The summed E-state index contributed by atoms with van der Waals surface area (Å²) < 4.78 is 0. The normalized spacial score (nSPS) is 15.7. The Morgan fingerprint density at radius 2 is 1.33 bits per heavy atom. The van der Waals surface area contributed by atoms with Crippen LogP contribution in [0, 0.1) is 6.92 Å². The molecule has 0 spiro atoms. The number of hydrogen-bond donors (Lipinski definition) is 0. The maximum Gasteiger partial charge on any atom is 0.189 e. The fourth-order valence-electron chi connectivity index (χ4n) is 1.79. The highest BCUT2D eigenvalue weighted by molar-refractivity contribution is 6.26. The van der Waals surface area contributed by atoms with Gasteiger partial charge in [0.2, 0.25) is 0 Å². The SMILES string of the molecule is CC1=C(C)C(=O)c2cc(C)ccc2C1=O. The van der Waals surface area contributed by atoms with Crippen LogP contribution in [-0.2, 0) is 0 Å². The molecule has 0 fully saturated rings. The Hall–Kier alpha value is -1.70. The van der Waals surface area contributed by atoms with Crippen molar-refractivity contribution in [3.05, 3.63) is 46.0 Å². The maximum atomic E-state index is 11.9. The Bertz CT molecular complexity index is 507. The number of benzene rings is 1. The monoisotopic (exact) mass is 200 g/mol. The third-order valence-corrected chi connectivity index (χ3v) is 2.91. The molecule has 0 bridgehead atoms. The van der Waals surface area contributed by atoms with Crippen LogP contribution < -0.4 is 0 Å². The van der Waals surface area contributed by atoms with E-state index in [-0.39, 0.29) is 11.6 Å². The fourth-order valence-corrected chi connectivity index (χ4v) is 1.79. The van der Waals surface area contributed by atoms with Crippen LogP contribution in [0.2, 0.25) is 0 Å². The molecule has 0 atom stereocenters. The van der Waals surface area contributed by atoms with E-state index >= 15 is 0 Å². The average molecular weight is 200 g/mol. The van der Waals surface area contributed by atoms with Gasteiger partial charge < -0.3 is 0 Å². The molecule has 0 amide bonds. The van der Waals surface area contributed by atoms with E-state index in [1.54, 1.807) is 26.0 Å². The number of Topliss-reactive ketones (excluding diaryl/α,β-unsaturated/α-hetero) is 2. The molecule has 0 radical (unpaired) electrons. The number of ketones is 2. The second kappa shape index (κ2) is 3.16. The highest BCUT2D eigenvalue weighted by atomic mass is 16.1. The van der Waals surface area contributed by atoms with Crippen LogP contribution in [-0.4, -0.2) is 11.6 Å². The molecular weight excluding hydrogens is 188 g/mol. The number of carbonyl (C=O) groups is 2. The van der Waals surface area contributed by atoms with Crippen molar-refractivity contribution in [2.75, 3.05) is 0 Å². The van der Waals surface area contributed by atoms with Crippen LogP contribution in [0.3, 0.4) is 0 Å². The Morgan fingerprint density at radius 3 is 1.93 bits per heavy atom. The molecule has 2 rings (SSSR count). The van der Waals surface area contributed by atoms with Gasteiger partial charge >= 0.3 is 0 Å². The smallest absolute Gasteiger partial charge is 0.189 e. The van der Waals surface area contributed by atoms with Crippen LogP contribution in [0.25, 0.3) is 0 Å². The lowest BCUT2D eigenvalue weighted by molar-refractivity contribution is 0.0975. The minimum Gasteiger partial charge on any atom is -0.289 e. The van der Waals surface area contributed by atoms with Gasteiger partial charge in [-0.1, -0.05) is 17.7 Å². The Labute approximate surface area is 88.6 Å². The second-order valence-corrected chi connectivity index (χ2v) is 3.96. The highest BCUT2D eigenvalue weighted by Crippen LogP contribution is 2.26. The molecule has 0 unspecified atom stereocenters. The number of rotatable bonds is 0. The zero-order valence-corrected chi connectivity index (χ0v) is 9.05. The van der Waals surface area contributed by atoms with Crippen LogP contribution >= 0.6 is 0 Å². The van der Waals surface area contributed by atoms with Crippen molar-refractivity contribution in [1.29, 1.82) is 0 Å². The number of hydrogen-bond acceptors (Lipinski definition) is 2. The van der Waals surface area contributed by atoms with Crippen molar-refractivity contribution >= 4 is 11.6 Å². The van der Waals surface area contributed by atoms with Gasteiger partial charge in [-0.15, -0.1) is 0 Å². The summed E-state index contributed by atoms with van der Waals surface area (Å²) in [5.41, 5.74) is 3.22. The Morgan fingerprint density at radius 1 is 0.800 bits per heavy atom. The van der Waals surface area contributed by atoms with Crippen molar-refractivity contribution in [1.82, 2.24) is 0 Å². The van der Waals surface area contributed by atoms with Gasteiger partial charge in [-0.2, -0.15) is 0 Å². The van der Waals surface area contributed by atoms with Gasteiger partial charge in [-0.05, 0) is 26.8 Å². The molecule has 1 aliphatic rings. The first-order chi connectivity index (χ1) is 7.02. The summed E-state index contributed by atoms with van der Waals surface area (Å²) in [5, 5.41) is 0. The first-order valence-corrected chi connectivity index (χ1v) is 4.90. The molecule has 2 heteroatoms. The van der Waals surface area contributed by atoms with Gasteiger partial charge in [0.15, 0.2) is 11.6 Å². The molecule has 1 aromatic rings. The van der Waals surface area contributed by atoms with Gasteiger partial charge in [-0.3, -0.25) is 9.59 Å². The molecule has 1 aliphatic carbocycles. The predicted molar refractivity (Wildman–Crippen MR) is 58.2 cm³/mol. The van der Waals surface area contributed by atoms with Crippen LogP contribution in [0.5, 0.6) is 0 Å². The summed E-state index contributed by atoms with van der Waals surface area (Å²) >= 11 is 0. The number of allylic oxidation sites excluding steroid dienone is 2. The van der Waals surface area contributed by atoms with Gasteiger partial charge in [0.25, 0.3) is 0 Å². The van der Waals surface area contributed by atoms with Crippen LogP contribution in [0.15, 0.2) is 29.3 Å². The molecule has 0 heterocycles. The quantitative estimate of drug-likeness (QED) is 0.645.